The van der Waals surface area contributed by atoms with Crippen molar-refractivity contribution in [1.82, 2.24) is 0 Å². The van der Waals surface area contributed by atoms with Gasteiger partial charge >= 0.3 is 0 Å². The largest absolute Gasteiger partial charge is 0.371 e. The summed E-state index contributed by atoms with van der Waals surface area (Å²) >= 11 is 7.46. The highest BCUT2D eigenvalue weighted by molar-refractivity contribution is 9.11. The summed E-state index contributed by atoms with van der Waals surface area (Å²) in [5, 5.41) is 2.58. The minimum absolute atomic E-state index is 0.855. The van der Waals surface area contributed by atoms with Crippen LogP contribution < -0.4 is 25.7 Å². The first-order valence-corrected chi connectivity index (χ1v) is 13.6. The van der Waals surface area contributed by atoms with Gasteiger partial charge in [0.1, 0.15) is 0 Å². The molecule has 0 amide bonds. The van der Waals surface area contributed by atoms with E-state index < -0.39 is 7.14 Å². The number of benzene rings is 3. The van der Waals surface area contributed by atoms with Gasteiger partial charge in [0.2, 0.25) is 0 Å². The van der Waals surface area contributed by atoms with Crippen molar-refractivity contribution in [3.8, 4) is 0 Å². The maximum absolute atomic E-state index is 15.1. The van der Waals surface area contributed by atoms with Crippen molar-refractivity contribution in [3.63, 3.8) is 0 Å². The molecule has 0 saturated carbocycles. The SMILES string of the molecule is O=P(c1ccccc1)(c1cc(N2CCC2)ccc1Br)c1cc(N2CCC2)ccc1Br. The fraction of sp³-hybridized carbons (Fsp3) is 0.250. The third kappa shape index (κ3) is 3.45. The number of hydrogen-bond acceptors (Lipinski definition) is 3. The molecule has 3 aromatic rings. The highest BCUT2D eigenvalue weighted by Crippen LogP contribution is 2.48. The van der Waals surface area contributed by atoms with E-state index in [1.165, 1.54) is 12.8 Å². The lowest BCUT2D eigenvalue weighted by molar-refractivity contribution is 0.592. The molecule has 0 N–H and O–H groups in total. The van der Waals surface area contributed by atoms with Crippen molar-refractivity contribution in [3.05, 3.63) is 75.7 Å². The number of halogens is 2. The molecular formula is C24H23Br2N2OP. The average molecular weight is 546 g/mol. The molecule has 0 bridgehead atoms. The Morgan fingerprint density at radius 1 is 0.667 bits per heavy atom. The van der Waals surface area contributed by atoms with E-state index in [1.54, 1.807) is 0 Å². The molecule has 0 spiro atoms. The zero-order valence-electron chi connectivity index (χ0n) is 16.6. The molecule has 2 saturated heterocycles. The molecule has 0 aliphatic carbocycles. The standard InChI is InChI=1S/C24H23Br2N2OP/c25-21-10-8-18(27-12-4-13-27)16-23(21)30(29,20-6-2-1-3-7-20)24-17-19(9-11-22(24)26)28-14-5-15-28/h1-3,6-11,16-17H,4-5,12-15H2. The van der Waals surface area contributed by atoms with Gasteiger partial charge in [-0.15, -0.1) is 0 Å². The zero-order chi connectivity index (χ0) is 20.7. The predicted octanol–water partition coefficient (Wildman–Crippen LogP) is 5.27. The second kappa shape index (κ2) is 8.18. The minimum atomic E-state index is -3.10. The van der Waals surface area contributed by atoms with E-state index in [2.05, 4.69) is 65.9 Å². The molecule has 154 valence electrons. The Kier molecular flexibility index (Phi) is 5.55. The molecule has 6 heteroatoms. The first-order chi connectivity index (χ1) is 14.6. The maximum Gasteiger partial charge on any atom is 0.173 e. The molecule has 0 radical (unpaired) electrons. The lowest BCUT2D eigenvalue weighted by atomic mass is 10.2. The van der Waals surface area contributed by atoms with E-state index in [-0.39, 0.29) is 0 Å². The van der Waals surface area contributed by atoms with Crippen molar-refractivity contribution < 1.29 is 4.57 Å². The van der Waals surface area contributed by atoms with Gasteiger partial charge in [-0.25, -0.2) is 0 Å². The van der Waals surface area contributed by atoms with E-state index in [0.717, 1.165) is 62.4 Å². The Bertz CT molecular complexity index is 1060. The first-order valence-electron chi connectivity index (χ1n) is 10.3. The van der Waals surface area contributed by atoms with Crippen LogP contribution in [0.15, 0.2) is 75.7 Å². The van der Waals surface area contributed by atoms with Crippen molar-refractivity contribution in [1.29, 1.82) is 0 Å². The van der Waals surface area contributed by atoms with Crippen molar-refractivity contribution >= 4 is 66.3 Å². The number of hydrogen-bond donors (Lipinski definition) is 0. The van der Waals surface area contributed by atoms with Crippen LogP contribution in [0.4, 0.5) is 11.4 Å². The first kappa shape index (κ1) is 20.4. The van der Waals surface area contributed by atoms with Gasteiger partial charge in [-0.3, -0.25) is 0 Å². The Labute approximate surface area is 194 Å². The topological polar surface area (TPSA) is 23.6 Å². The van der Waals surface area contributed by atoms with Crippen molar-refractivity contribution in [2.45, 2.75) is 12.8 Å². The van der Waals surface area contributed by atoms with Gasteiger partial charge in [-0.1, -0.05) is 30.3 Å². The van der Waals surface area contributed by atoms with Gasteiger partial charge in [0.15, 0.2) is 7.14 Å². The molecule has 2 aliphatic heterocycles. The van der Waals surface area contributed by atoms with E-state index >= 15 is 4.57 Å². The maximum atomic E-state index is 15.1. The summed E-state index contributed by atoms with van der Waals surface area (Å²) in [5.74, 6) is 0. The second-order valence-electron chi connectivity index (χ2n) is 7.90. The highest BCUT2D eigenvalue weighted by Gasteiger charge is 2.35. The van der Waals surface area contributed by atoms with Crippen molar-refractivity contribution in [2.75, 3.05) is 36.0 Å². The van der Waals surface area contributed by atoms with Crippen molar-refractivity contribution in [2.24, 2.45) is 0 Å². The number of nitrogens with zero attached hydrogens (tertiary/aromatic N) is 2. The van der Waals surface area contributed by atoms with E-state index in [4.69, 9.17) is 0 Å². The smallest absolute Gasteiger partial charge is 0.173 e. The molecule has 2 aliphatic rings. The Hall–Kier alpha value is -1.55. The van der Waals surface area contributed by atoms with E-state index in [1.807, 2.05) is 42.5 Å². The van der Waals surface area contributed by atoms with Gasteiger partial charge in [-0.2, -0.15) is 0 Å². The van der Waals surface area contributed by atoms with Crippen LogP contribution in [-0.4, -0.2) is 26.2 Å². The molecule has 2 fully saturated rings. The number of rotatable bonds is 5. The fourth-order valence-electron chi connectivity index (χ4n) is 4.07. The number of anilines is 2. The van der Waals surface area contributed by atoms with Gasteiger partial charge in [-0.05, 0) is 81.1 Å². The van der Waals surface area contributed by atoms with Crippen LogP contribution in [0, 0.1) is 0 Å². The monoisotopic (exact) mass is 544 g/mol. The summed E-state index contributed by atoms with van der Waals surface area (Å²) in [5.41, 5.74) is 2.29. The van der Waals surface area contributed by atoms with Crippen LogP contribution in [0.5, 0.6) is 0 Å². The third-order valence-corrected chi connectivity index (χ3v) is 11.2. The second-order valence-corrected chi connectivity index (χ2v) is 12.3. The lowest BCUT2D eigenvalue weighted by Gasteiger charge is -2.35. The Morgan fingerprint density at radius 2 is 1.13 bits per heavy atom. The molecule has 3 nitrogen and oxygen atoms in total. The summed E-state index contributed by atoms with van der Waals surface area (Å²) < 4.78 is 16.9. The summed E-state index contributed by atoms with van der Waals surface area (Å²) in [6, 6.07) is 22.5. The molecule has 3 aromatic carbocycles. The van der Waals surface area contributed by atoms with Crippen LogP contribution >= 0.6 is 39.0 Å². The molecule has 2 heterocycles. The summed E-state index contributed by atoms with van der Waals surface area (Å²) in [7, 11) is -3.10. The molecule has 0 atom stereocenters. The lowest BCUT2D eigenvalue weighted by Crippen LogP contribution is -2.38. The van der Waals surface area contributed by atoms with Gasteiger partial charge in [0.05, 0.1) is 0 Å². The molecule has 5 rings (SSSR count). The zero-order valence-corrected chi connectivity index (χ0v) is 20.7. The Morgan fingerprint density at radius 3 is 1.53 bits per heavy atom. The quantitative estimate of drug-likeness (QED) is 0.408. The van der Waals surface area contributed by atoms with Crippen LogP contribution in [0.2, 0.25) is 0 Å². The molecular weight excluding hydrogens is 523 g/mol. The fourth-order valence-corrected chi connectivity index (χ4v) is 8.85. The van der Waals surface area contributed by atoms with E-state index in [0.29, 0.717) is 0 Å². The van der Waals surface area contributed by atoms with Crippen LogP contribution in [-0.2, 0) is 4.57 Å². The molecule has 0 aromatic heterocycles. The van der Waals surface area contributed by atoms with Crippen LogP contribution in [0.25, 0.3) is 0 Å². The van der Waals surface area contributed by atoms with Gasteiger partial charge in [0, 0.05) is 62.4 Å². The summed E-state index contributed by atoms with van der Waals surface area (Å²) in [6.07, 6.45) is 2.43. The minimum Gasteiger partial charge on any atom is -0.371 e. The Balaban J connectivity index is 1.73. The highest BCUT2D eigenvalue weighted by atomic mass is 79.9. The molecule has 30 heavy (non-hydrogen) atoms. The van der Waals surface area contributed by atoms with Gasteiger partial charge in [0.25, 0.3) is 0 Å². The summed E-state index contributed by atoms with van der Waals surface area (Å²) in [6.45, 7) is 4.24. The summed E-state index contributed by atoms with van der Waals surface area (Å²) in [4.78, 5) is 4.69. The van der Waals surface area contributed by atoms with Crippen LogP contribution in [0.3, 0.4) is 0 Å². The normalized spacial score (nSPS) is 16.2. The van der Waals surface area contributed by atoms with Gasteiger partial charge < -0.3 is 14.4 Å². The van der Waals surface area contributed by atoms with E-state index in [9.17, 15) is 0 Å². The predicted molar refractivity (Wildman–Crippen MR) is 135 cm³/mol. The van der Waals surface area contributed by atoms with Crippen LogP contribution in [0.1, 0.15) is 12.8 Å². The average Bonchev–Trinajstić information content (AvgIpc) is 2.68. The third-order valence-electron chi connectivity index (χ3n) is 6.10. The molecule has 0 unspecified atom stereocenters.